The SMILES string of the molecule is Cc1cn(CCC[C@](C)(O)CO)c(=O)[nH]c1=O. The number of aromatic amines is 1. The molecule has 17 heavy (non-hydrogen) atoms. The Hall–Kier alpha value is -1.40. The highest BCUT2D eigenvalue weighted by Gasteiger charge is 2.18. The molecule has 0 unspecified atom stereocenters. The van der Waals surface area contributed by atoms with Gasteiger partial charge in [0.1, 0.15) is 0 Å². The van der Waals surface area contributed by atoms with Crippen LogP contribution in [0.3, 0.4) is 0 Å². The van der Waals surface area contributed by atoms with Crippen molar-refractivity contribution in [3.05, 3.63) is 32.6 Å². The number of hydrogen-bond acceptors (Lipinski definition) is 4. The Labute approximate surface area is 98.5 Å². The van der Waals surface area contributed by atoms with Gasteiger partial charge in [-0.05, 0) is 26.7 Å². The second-order valence-electron chi connectivity index (χ2n) is 4.52. The van der Waals surface area contributed by atoms with Crippen molar-refractivity contribution in [2.75, 3.05) is 6.61 Å². The number of nitrogens with one attached hydrogen (secondary N) is 1. The summed E-state index contributed by atoms with van der Waals surface area (Å²) >= 11 is 0. The number of aliphatic hydroxyl groups is 2. The van der Waals surface area contributed by atoms with E-state index in [2.05, 4.69) is 4.98 Å². The van der Waals surface area contributed by atoms with Gasteiger partial charge < -0.3 is 14.8 Å². The summed E-state index contributed by atoms with van der Waals surface area (Å²) in [6, 6.07) is 0. The first-order valence-corrected chi connectivity index (χ1v) is 5.49. The van der Waals surface area contributed by atoms with E-state index in [1.165, 1.54) is 17.7 Å². The third-order valence-corrected chi connectivity index (χ3v) is 2.64. The van der Waals surface area contributed by atoms with Gasteiger partial charge in [-0.25, -0.2) is 4.79 Å². The van der Waals surface area contributed by atoms with Gasteiger partial charge in [0, 0.05) is 18.3 Å². The van der Waals surface area contributed by atoms with Crippen molar-refractivity contribution in [2.24, 2.45) is 0 Å². The quantitative estimate of drug-likeness (QED) is 0.640. The molecule has 1 heterocycles. The van der Waals surface area contributed by atoms with Crippen molar-refractivity contribution in [1.82, 2.24) is 9.55 Å². The van der Waals surface area contributed by atoms with E-state index in [1.807, 2.05) is 0 Å². The smallest absolute Gasteiger partial charge is 0.328 e. The fourth-order valence-electron chi connectivity index (χ4n) is 1.49. The maximum absolute atomic E-state index is 11.4. The summed E-state index contributed by atoms with van der Waals surface area (Å²) in [5, 5.41) is 18.4. The fraction of sp³-hybridized carbons (Fsp3) is 0.636. The highest BCUT2D eigenvalue weighted by Crippen LogP contribution is 2.10. The number of aliphatic hydroxyl groups excluding tert-OH is 1. The molecule has 0 bridgehead atoms. The minimum atomic E-state index is -1.12. The molecule has 0 spiro atoms. The van der Waals surface area contributed by atoms with Crippen LogP contribution in [0.25, 0.3) is 0 Å². The van der Waals surface area contributed by atoms with E-state index in [-0.39, 0.29) is 12.2 Å². The molecule has 6 nitrogen and oxygen atoms in total. The maximum Gasteiger partial charge on any atom is 0.328 e. The lowest BCUT2D eigenvalue weighted by atomic mass is 10.0. The summed E-state index contributed by atoms with van der Waals surface area (Å²) in [4.78, 5) is 24.8. The van der Waals surface area contributed by atoms with E-state index >= 15 is 0 Å². The van der Waals surface area contributed by atoms with E-state index in [4.69, 9.17) is 5.11 Å². The molecule has 0 aliphatic rings. The normalized spacial score (nSPS) is 14.6. The van der Waals surface area contributed by atoms with Gasteiger partial charge in [-0.15, -0.1) is 0 Å². The van der Waals surface area contributed by atoms with Crippen molar-refractivity contribution >= 4 is 0 Å². The number of hydrogen-bond donors (Lipinski definition) is 3. The van der Waals surface area contributed by atoms with E-state index in [9.17, 15) is 14.7 Å². The maximum atomic E-state index is 11.4. The lowest BCUT2D eigenvalue weighted by molar-refractivity contribution is -0.00732. The van der Waals surface area contributed by atoms with Crippen molar-refractivity contribution in [3.63, 3.8) is 0 Å². The Bertz CT molecular complexity index is 487. The topological polar surface area (TPSA) is 95.3 Å². The van der Waals surface area contributed by atoms with Gasteiger partial charge in [0.25, 0.3) is 5.56 Å². The van der Waals surface area contributed by atoms with E-state index in [1.54, 1.807) is 6.92 Å². The second kappa shape index (κ2) is 5.29. The summed E-state index contributed by atoms with van der Waals surface area (Å²) in [7, 11) is 0. The average Bonchev–Trinajstić information content (AvgIpc) is 2.25. The molecule has 0 saturated carbocycles. The van der Waals surface area contributed by atoms with Crippen LogP contribution in [0.15, 0.2) is 15.8 Å². The number of aryl methyl sites for hydroxylation is 2. The monoisotopic (exact) mass is 242 g/mol. The van der Waals surface area contributed by atoms with Crippen LogP contribution in [-0.2, 0) is 6.54 Å². The Kier molecular flexibility index (Phi) is 4.25. The highest BCUT2D eigenvalue weighted by atomic mass is 16.3. The number of H-pyrrole nitrogens is 1. The highest BCUT2D eigenvalue weighted by molar-refractivity contribution is 5.00. The van der Waals surface area contributed by atoms with E-state index < -0.39 is 11.3 Å². The Morgan fingerprint density at radius 3 is 2.71 bits per heavy atom. The summed E-state index contributed by atoms with van der Waals surface area (Å²) in [6.45, 7) is 3.24. The molecule has 0 radical (unpaired) electrons. The van der Waals surface area contributed by atoms with Crippen molar-refractivity contribution in [3.8, 4) is 0 Å². The average molecular weight is 242 g/mol. The molecule has 0 aliphatic heterocycles. The molecule has 6 heteroatoms. The first kappa shape index (κ1) is 13.7. The molecule has 1 atom stereocenters. The van der Waals surface area contributed by atoms with Gasteiger partial charge in [0.2, 0.25) is 0 Å². The van der Waals surface area contributed by atoms with Crippen molar-refractivity contribution in [1.29, 1.82) is 0 Å². The van der Waals surface area contributed by atoms with Gasteiger partial charge >= 0.3 is 5.69 Å². The number of aromatic nitrogens is 2. The summed E-state index contributed by atoms with van der Waals surface area (Å²) in [5.74, 6) is 0. The number of rotatable bonds is 5. The lowest BCUT2D eigenvalue weighted by Crippen LogP contribution is -2.32. The predicted octanol–water partition coefficient (Wildman–Crippen LogP) is -0.631. The van der Waals surface area contributed by atoms with Gasteiger partial charge in [-0.1, -0.05) is 0 Å². The van der Waals surface area contributed by atoms with Gasteiger partial charge in [0.15, 0.2) is 0 Å². The fourth-order valence-corrected chi connectivity index (χ4v) is 1.49. The molecule has 0 amide bonds. The molecular formula is C11H18N2O4. The van der Waals surface area contributed by atoms with Crippen LogP contribution in [0.1, 0.15) is 25.3 Å². The summed E-state index contributed by atoms with van der Waals surface area (Å²) < 4.78 is 1.39. The first-order valence-electron chi connectivity index (χ1n) is 5.49. The Morgan fingerprint density at radius 1 is 1.47 bits per heavy atom. The van der Waals surface area contributed by atoms with Crippen LogP contribution in [0.5, 0.6) is 0 Å². The first-order chi connectivity index (χ1) is 7.85. The standard InChI is InChI=1S/C11H18N2O4/c1-8-6-13(10(16)12-9(8)15)5-3-4-11(2,17)7-14/h6,14,17H,3-5,7H2,1-2H3,(H,12,15,16)/t11-/m0/s1. The Balaban J connectivity index is 2.68. The van der Waals surface area contributed by atoms with E-state index in [0.717, 1.165) is 0 Å². The molecule has 1 aromatic rings. The third kappa shape index (κ3) is 3.83. The molecule has 3 N–H and O–H groups in total. The minimum Gasteiger partial charge on any atom is -0.393 e. The van der Waals surface area contributed by atoms with Gasteiger partial charge in [-0.2, -0.15) is 0 Å². The zero-order valence-electron chi connectivity index (χ0n) is 10.1. The zero-order chi connectivity index (χ0) is 13.1. The van der Waals surface area contributed by atoms with Gasteiger partial charge in [0.05, 0.1) is 12.2 Å². The lowest BCUT2D eigenvalue weighted by Gasteiger charge is -2.19. The molecule has 0 aromatic carbocycles. The molecule has 0 fully saturated rings. The van der Waals surface area contributed by atoms with Crippen molar-refractivity contribution in [2.45, 2.75) is 38.8 Å². The largest absolute Gasteiger partial charge is 0.393 e. The number of nitrogens with zero attached hydrogens (tertiary/aromatic N) is 1. The Morgan fingerprint density at radius 2 is 2.12 bits per heavy atom. The van der Waals surface area contributed by atoms with Crippen LogP contribution in [0, 0.1) is 6.92 Å². The van der Waals surface area contributed by atoms with Crippen LogP contribution in [-0.4, -0.2) is 32.0 Å². The predicted molar refractivity (Wildman–Crippen MR) is 63.0 cm³/mol. The summed E-state index contributed by atoms with van der Waals surface area (Å²) in [5.41, 5.74) is -1.49. The summed E-state index contributed by atoms with van der Waals surface area (Å²) in [6.07, 6.45) is 2.42. The van der Waals surface area contributed by atoms with Crippen LogP contribution >= 0.6 is 0 Å². The third-order valence-electron chi connectivity index (χ3n) is 2.64. The molecule has 0 aliphatic carbocycles. The van der Waals surface area contributed by atoms with Crippen LogP contribution in [0.4, 0.5) is 0 Å². The van der Waals surface area contributed by atoms with Gasteiger partial charge in [-0.3, -0.25) is 9.78 Å². The molecule has 96 valence electrons. The minimum absolute atomic E-state index is 0.313. The molecular weight excluding hydrogens is 224 g/mol. The molecule has 0 saturated heterocycles. The molecule has 1 aromatic heterocycles. The molecule has 1 rings (SSSR count). The van der Waals surface area contributed by atoms with Crippen LogP contribution in [0.2, 0.25) is 0 Å². The zero-order valence-corrected chi connectivity index (χ0v) is 10.1. The van der Waals surface area contributed by atoms with Crippen LogP contribution < -0.4 is 11.2 Å². The van der Waals surface area contributed by atoms with E-state index in [0.29, 0.717) is 24.9 Å². The second-order valence-corrected chi connectivity index (χ2v) is 4.52. The van der Waals surface area contributed by atoms with Crippen molar-refractivity contribution < 1.29 is 10.2 Å².